The van der Waals surface area contributed by atoms with Gasteiger partial charge < -0.3 is 10.1 Å². The summed E-state index contributed by atoms with van der Waals surface area (Å²) in [5.41, 5.74) is 1.86. The molecule has 3 rings (SSSR count). The van der Waals surface area contributed by atoms with Crippen molar-refractivity contribution in [1.82, 2.24) is 5.32 Å². The number of benzene rings is 1. The van der Waals surface area contributed by atoms with Gasteiger partial charge in [-0.15, -0.1) is 0 Å². The molecule has 2 fully saturated rings. The smallest absolute Gasteiger partial charge is 0.119 e. The normalized spacial score (nSPS) is 33.2. The predicted molar refractivity (Wildman–Crippen MR) is 83.3 cm³/mol. The monoisotopic (exact) mass is 273 g/mol. The van der Waals surface area contributed by atoms with Crippen LogP contribution in [-0.2, 0) is 5.41 Å². The molecule has 1 aromatic carbocycles. The van der Waals surface area contributed by atoms with Crippen LogP contribution in [-0.4, -0.2) is 18.7 Å². The lowest BCUT2D eigenvalue weighted by Crippen LogP contribution is -2.55. The Kier molecular flexibility index (Phi) is 3.76. The Hall–Kier alpha value is -1.02. The molecule has 1 heterocycles. The van der Waals surface area contributed by atoms with Crippen LogP contribution in [0.3, 0.4) is 0 Å². The van der Waals surface area contributed by atoms with Crippen molar-refractivity contribution in [3.05, 3.63) is 29.8 Å². The second-order valence-electron chi connectivity index (χ2n) is 6.84. The lowest BCUT2D eigenvalue weighted by molar-refractivity contribution is 0.101. The average Bonchev–Trinajstić information content (AvgIpc) is 2.38. The van der Waals surface area contributed by atoms with Gasteiger partial charge in [0.2, 0.25) is 0 Å². The fraction of sp³-hybridized carbons (Fsp3) is 0.667. The number of hydrogen-bond acceptors (Lipinski definition) is 2. The molecule has 2 heteroatoms. The minimum atomic E-state index is 0.243. The number of ether oxygens (including phenoxy) is 1. The van der Waals surface area contributed by atoms with E-state index < -0.39 is 0 Å². The second kappa shape index (κ2) is 5.40. The fourth-order valence-electron chi connectivity index (χ4n) is 4.32. The average molecular weight is 273 g/mol. The van der Waals surface area contributed by atoms with Gasteiger partial charge in [-0.25, -0.2) is 0 Å². The van der Waals surface area contributed by atoms with Gasteiger partial charge in [-0.05, 0) is 63.3 Å². The molecule has 20 heavy (non-hydrogen) atoms. The van der Waals surface area contributed by atoms with E-state index in [0.29, 0.717) is 11.5 Å². The molecule has 0 unspecified atom stereocenters. The highest BCUT2D eigenvalue weighted by molar-refractivity contribution is 5.36. The van der Waals surface area contributed by atoms with E-state index in [1.807, 2.05) is 0 Å². The maximum absolute atomic E-state index is 5.90. The van der Waals surface area contributed by atoms with Crippen molar-refractivity contribution in [2.75, 3.05) is 6.54 Å². The molecule has 0 aromatic heterocycles. The van der Waals surface area contributed by atoms with Crippen molar-refractivity contribution in [3.63, 3.8) is 0 Å². The Bertz CT molecular complexity index is 458. The quantitative estimate of drug-likeness (QED) is 0.902. The van der Waals surface area contributed by atoms with E-state index in [4.69, 9.17) is 4.74 Å². The summed E-state index contributed by atoms with van der Waals surface area (Å²) in [4.78, 5) is 0. The lowest BCUT2D eigenvalue weighted by atomic mass is 9.58. The maximum atomic E-state index is 5.90. The Balaban J connectivity index is 1.93. The van der Waals surface area contributed by atoms with E-state index in [-0.39, 0.29) is 6.10 Å². The summed E-state index contributed by atoms with van der Waals surface area (Å²) in [5.74, 6) is 1.75. The van der Waals surface area contributed by atoms with Crippen LogP contribution in [0.4, 0.5) is 0 Å². The molecule has 0 amide bonds. The van der Waals surface area contributed by atoms with Gasteiger partial charge in [0, 0.05) is 11.5 Å². The zero-order chi connectivity index (χ0) is 14.2. The van der Waals surface area contributed by atoms with Gasteiger partial charge in [0.25, 0.3) is 0 Å². The zero-order valence-electron chi connectivity index (χ0n) is 13.0. The van der Waals surface area contributed by atoms with Crippen molar-refractivity contribution in [1.29, 1.82) is 0 Å². The van der Waals surface area contributed by atoms with Crippen molar-refractivity contribution in [2.45, 2.75) is 64.0 Å². The lowest BCUT2D eigenvalue weighted by Gasteiger charge is -2.51. The molecule has 1 N–H and O–H groups in total. The second-order valence-corrected chi connectivity index (χ2v) is 6.84. The highest BCUT2D eigenvalue weighted by Gasteiger charge is 2.46. The Morgan fingerprint density at radius 2 is 2.15 bits per heavy atom. The van der Waals surface area contributed by atoms with E-state index in [9.17, 15) is 0 Å². The Morgan fingerprint density at radius 1 is 1.30 bits per heavy atom. The molecular formula is C18H27NO. The van der Waals surface area contributed by atoms with Gasteiger partial charge in [0.05, 0.1) is 6.10 Å². The molecule has 1 aliphatic carbocycles. The van der Waals surface area contributed by atoms with Crippen LogP contribution in [0.1, 0.15) is 52.0 Å². The number of fused-ring (bicyclic) bond motifs is 2. The summed E-state index contributed by atoms with van der Waals surface area (Å²) in [5, 5.41) is 3.71. The highest BCUT2D eigenvalue weighted by atomic mass is 16.5. The fourth-order valence-corrected chi connectivity index (χ4v) is 4.32. The van der Waals surface area contributed by atoms with Gasteiger partial charge in [-0.3, -0.25) is 0 Å². The topological polar surface area (TPSA) is 21.3 Å². The van der Waals surface area contributed by atoms with Crippen LogP contribution in [0.5, 0.6) is 5.75 Å². The number of rotatable bonds is 3. The summed E-state index contributed by atoms with van der Waals surface area (Å²) in [6, 6.07) is 9.57. The van der Waals surface area contributed by atoms with Crippen molar-refractivity contribution in [2.24, 2.45) is 5.92 Å². The molecule has 0 radical (unpaired) electrons. The zero-order valence-corrected chi connectivity index (χ0v) is 13.0. The van der Waals surface area contributed by atoms with Crippen molar-refractivity contribution >= 4 is 0 Å². The molecule has 110 valence electrons. The molecule has 0 spiro atoms. The number of hydrogen-bond donors (Lipinski definition) is 1. The third kappa shape index (κ3) is 2.35. The third-order valence-electron chi connectivity index (χ3n) is 5.37. The first kappa shape index (κ1) is 13.9. The minimum Gasteiger partial charge on any atom is -0.491 e. The molecule has 2 bridgehead atoms. The van der Waals surface area contributed by atoms with Crippen molar-refractivity contribution in [3.8, 4) is 5.75 Å². The summed E-state index contributed by atoms with van der Waals surface area (Å²) < 4.78 is 5.90. The van der Waals surface area contributed by atoms with Gasteiger partial charge >= 0.3 is 0 Å². The first-order valence-corrected chi connectivity index (χ1v) is 8.12. The number of nitrogens with one attached hydrogen (secondary N) is 1. The molecule has 1 saturated carbocycles. The van der Waals surface area contributed by atoms with Crippen LogP contribution in [0.25, 0.3) is 0 Å². The molecule has 3 atom stereocenters. The van der Waals surface area contributed by atoms with Crippen LogP contribution in [0, 0.1) is 5.92 Å². The van der Waals surface area contributed by atoms with E-state index in [1.165, 1.54) is 31.2 Å². The van der Waals surface area contributed by atoms with E-state index in [1.54, 1.807) is 0 Å². The third-order valence-corrected chi connectivity index (χ3v) is 5.37. The van der Waals surface area contributed by atoms with Crippen LogP contribution in [0.15, 0.2) is 24.3 Å². The molecular weight excluding hydrogens is 246 g/mol. The molecule has 2 aliphatic rings. The molecule has 1 aromatic rings. The van der Waals surface area contributed by atoms with Crippen molar-refractivity contribution < 1.29 is 4.74 Å². The largest absolute Gasteiger partial charge is 0.491 e. The summed E-state index contributed by atoms with van der Waals surface area (Å²) in [7, 11) is 0. The SMILES string of the molecule is CC(C)Oc1cccc([C@]23CCC[C@@H](NCC2)[C@@H]3C)c1. The van der Waals surface area contributed by atoms with E-state index in [2.05, 4.69) is 50.4 Å². The minimum absolute atomic E-state index is 0.243. The van der Waals surface area contributed by atoms with Gasteiger partial charge in [-0.2, -0.15) is 0 Å². The highest BCUT2D eigenvalue weighted by Crippen LogP contribution is 2.48. The van der Waals surface area contributed by atoms with Gasteiger partial charge in [0.1, 0.15) is 5.75 Å². The summed E-state index contributed by atoms with van der Waals surface area (Å²) in [6.07, 6.45) is 5.52. The molecule has 1 saturated heterocycles. The van der Waals surface area contributed by atoms with Crippen LogP contribution in [0.2, 0.25) is 0 Å². The Morgan fingerprint density at radius 3 is 2.95 bits per heavy atom. The summed E-state index contributed by atoms with van der Waals surface area (Å²) >= 11 is 0. The van der Waals surface area contributed by atoms with E-state index >= 15 is 0 Å². The molecule has 1 aliphatic heterocycles. The molecule has 2 nitrogen and oxygen atoms in total. The van der Waals surface area contributed by atoms with Gasteiger partial charge in [0.15, 0.2) is 0 Å². The first-order valence-electron chi connectivity index (χ1n) is 8.12. The van der Waals surface area contributed by atoms with E-state index in [0.717, 1.165) is 18.2 Å². The van der Waals surface area contributed by atoms with Crippen LogP contribution >= 0.6 is 0 Å². The Labute approximate surface area is 122 Å². The van der Waals surface area contributed by atoms with Crippen LogP contribution < -0.4 is 10.1 Å². The maximum Gasteiger partial charge on any atom is 0.119 e. The summed E-state index contributed by atoms with van der Waals surface area (Å²) in [6.45, 7) is 7.78. The standard InChI is InChI=1S/C18H27NO/c1-13(2)20-16-7-4-6-15(12-16)18-9-5-8-17(14(18)3)19-11-10-18/h4,6-7,12-14,17,19H,5,8-11H2,1-3H3/t14-,17+,18+/m0/s1. The first-order chi connectivity index (χ1) is 9.62. The predicted octanol–water partition coefficient (Wildman–Crippen LogP) is 3.89. The van der Waals surface area contributed by atoms with Gasteiger partial charge in [-0.1, -0.05) is 25.5 Å². The number of piperidine rings is 1.